The summed E-state index contributed by atoms with van der Waals surface area (Å²) in [5.41, 5.74) is 1.85. The van der Waals surface area contributed by atoms with Gasteiger partial charge < -0.3 is 35.8 Å². The molecule has 3 rings (SSSR count). The Balaban J connectivity index is 1.98. The Hall–Kier alpha value is -4.72. The molecule has 3 aromatic rings. The molecule has 13 heteroatoms. The quantitative estimate of drug-likeness (QED) is 0.104. The van der Waals surface area contributed by atoms with E-state index in [4.69, 9.17) is 4.74 Å². The first-order valence-electron chi connectivity index (χ1n) is 17.0. The average Bonchev–Trinajstić information content (AvgIpc) is 3.09. The maximum absolute atomic E-state index is 13.7. The molecule has 0 fully saturated rings. The van der Waals surface area contributed by atoms with Crippen LogP contribution in [0.15, 0.2) is 65.6 Å². The lowest BCUT2D eigenvalue weighted by Crippen LogP contribution is -2.31. The summed E-state index contributed by atoms with van der Waals surface area (Å²) in [6.45, 7) is 8.25. The molecule has 0 spiro atoms. The largest absolute Gasteiger partial charge is 0.462 e. The van der Waals surface area contributed by atoms with Gasteiger partial charge in [0, 0.05) is 48.4 Å². The van der Waals surface area contributed by atoms with Gasteiger partial charge in [-0.1, -0.05) is 32.9 Å². The zero-order valence-electron chi connectivity index (χ0n) is 30.6. The van der Waals surface area contributed by atoms with E-state index in [0.29, 0.717) is 59.3 Å². The highest BCUT2D eigenvalue weighted by atomic mass is 32.2. The molecular formula is C38H50N6O6S. The van der Waals surface area contributed by atoms with Crippen LogP contribution in [0.3, 0.4) is 0 Å². The van der Waals surface area contributed by atoms with Gasteiger partial charge in [-0.15, -0.1) is 11.8 Å². The van der Waals surface area contributed by atoms with Crippen LogP contribution in [-0.4, -0.2) is 106 Å². The number of hydrogen-bond donors (Lipinski definition) is 4. The second-order valence-corrected chi connectivity index (χ2v) is 14.0. The van der Waals surface area contributed by atoms with Gasteiger partial charge in [0.2, 0.25) is 0 Å². The van der Waals surface area contributed by atoms with Crippen LogP contribution in [0.2, 0.25) is 0 Å². The van der Waals surface area contributed by atoms with Crippen LogP contribution in [0, 0.1) is 5.92 Å². The highest BCUT2D eigenvalue weighted by Gasteiger charge is 2.22. The Bertz CT molecular complexity index is 1590. The number of benzene rings is 3. The number of amides is 4. The van der Waals surface area contributed by atoms with Gasteiger partial charge in [-0.3, -0.25) is 19.2 Å². The van der Waals surface area contributed by atoms with E-state index in [0.717, 1.165) is 6.42 Å². The first-order chi connectivity index (χ1) is 24.3. The fraction of sp³-hybridized carbons (Fsp3) is 0.395. The highest BCUT2D eigenvalue weighted by molar-refractivity contribution is 7.99. The second-order valence-electron chi connectivity index (χ2n) is 12.9. The summed E-state index contributed by atoms with van der Waals surface area (Å²) < 4.78 is 5.51. The number of likely N-dealkylation sites (N-methyl/N-ethyl adjacent to an activating group) is 2. The summed E-state index contributed by atoms with van der Waals surface area (Å²) in [6, 6.07) is 15.8. The van der Waals surface area contributed by atoms with Gasteiger partial charge in [-0.05, 0) is 94.8 Å². The van der Waals surface area contributed by atoms with Crippen LogP contribution in [-0.2, 0) is 4.74 Å². The van der Waals surface area contributed by atoms with Gasteiger partial charge in [-0.25, -0.2) is 4.79 Å². The third-order valence-corrected chi connectivity index (χ3v) is 8.62. The van der Waals surface area contributed by atoms with Gasteiger partial charge >= 0.3 is 5.97 Å². The molecule has 274 valence electrons. The number of hydrogen-bond acceptors (Lipinski definition) is 9. The molecule has 0 unspecified atom stereocenters. The molecule has 0 aliphatic heterocycles. The summed E-state index contributed by atoms with van der Waals surface area (Å²) in [5, 5.41) is 11.5. The third-order valence-electron chi connectivity index (χ3n) is 7.28. The van der Waals surface area contributed by atoms with Gasteiger partial charge in [-0.2, -0.15) is 0 Å². The van der Waals surface area contributed by atoms with E-state index in [9.17, 15) is 24.0 Å². The molecular weight excluding hydrogens is 669 g/mol. The van der Waals surface area contributed by atoms with Crippen molar-refractivity contribution >= 4 is 52.7 Å². The van der Waals surface area contributed by atoms with Crippen molar-refractivity contribution in [3.63, 3.8) is 0 Å². The zero-order valence-corrected chi connectivity index (χ0v) is 31.4. The smallest absolute Gasteiger partial charge is 0.338 e. The van der Waals surface area contributed by atoms with Crippen LogP contribution >= 0.6 is 11.8 Å². The van der Waals surface area contributed by atoms with Gasteiger partial charge in [0.05, 0.1) is 28.4 Å². The minimum atomic E-state index is -0.616. The number of nitrogens with one attached hydrogen (secondary N) is 4. The molecule has 4 amide bonds. The third kappa shape index (κ3) is 13.2. The van der Waals surface area contributed by atoms with Crippen LogP contribution in [0.25, 0.3) is 0 Å². The van der Waals surface area contributed by atoms with E-state index in [1.807, 2.05) is 58.8 Å². The van der Waals surface area contributed by atoms with E-state index >= 15 is 0 Å². The molecule has 51 heavy (non-hydrogen) atoms. The topological polar surface area (TPSA) is 149 Å². The number of anilines is 2. The maximum Gasteiger partial charge on any atom is 0.338 e. The van der Waals surface area contributed by atoms with E-state index in [2.05, 4.69) is 21.3 Å². The molecule has 3 aromatic carbocycles. The van der Waals surface area contributed by atoms with Gasteiger partial charge in [0.25, 0.3) is 23.6 Å². The number of thioether (sulfide) groups is 1. The number of ether oxygens (including phenoxy) is 1. The van der Waals surface area contributed by atoms with E-state index in [-0.39, 0.29) is 41.0 Å². The van der Waals surface area contributed by atoms with E-state index < -0.39 is 17.8 Å². The molecule has 0 aromatic heterocycles. The standard InChI is InChI=1S/C38H50N6O6S/c1-8-19-51-33-31(41-36(47)28-13-9-11-26(20-28)34(45)39-15-17-43(4)5)22-30(38(49)50-24-25(2)3)23-32(33)42-37(48)29-14-10-12-27(21-29)35(46)40-16-18-44(6)7/h9-14,20-23,25H,8,15-19,24H2,1-7H3,(H,39,45)(H,40,46)(H,41,47)(H,42,48). The van der Waals surface area contributed by atoms with Gasteiger partial charge in [0.1, 0.15) is 0 Å². The fourth-order valence-electron chi connectivity index (χ4n) is 4.60. The monoisotopic (exact) mass is 718 g/mol. The minimum absolute atomic E-state index is 0.0893. The van der Waals surface area contributed by atoms with Crippen LogP contribution in [0.5, 0.6) is 0 Å². The number of nitrogens with zero attached hydrogens (tertiary/aromatic N) is 2. The molecule has 0 saturated carbocycles. The normalized spacial score (nSPS) is 11.0. The Morgan fingerprint density at radius 2 is 1.10 bits per heavy atom. The molecule has 0 saturated heterocycles. The number of rotatable bonds is 18. The first kappa shape index (κ1) is 40.7. The SMILES string of the molecule is CCCSc1c(NC(=O)c2cccc(C(=O)NCCN(C)C)c2)cc(C(=O)OCC(C)C)cc1NC(=O)c1cccc(C(=O)NCCN(C)C)c1. The zero-order chi connectivity index (χ0) is 37.5. The molecule has 0 heterocycles. The van der Waals surface area contributed by atoms with E-state index in [1.54, 1.807) is 36.4 Å². The summed E-state index contributed by atoms with van der Waals surface area (Å²) in [5.74, 6) is -1.50. The molecule has 0 radical (unpaired) electrons. The van der Waals surface area contributed by atoms with Crippen molar-refractivity contribution in [1.82, 2.24) is 20.4 Å². The van der Waals surface area contributed by atoms with Crippen LogP contribution in [0.1, 0.15) is 79.0 Å². The summed E-state index contributed by atoms with van der Waals surface area (Å²) >= 11 is 1.41. The maximum atomic E-state index is 13.7. The van der Waals surface area contributed by atoms with Crippen molar-refractivity contribution in [2.45, 2.75) is 32.1 Å². The Morgan fingerprint density at radius 3 is 1.49 bits per heavy atom. The van der Waals surface area contributed by atoms with Crippen molar-refractivity contribution in [2.24, 2.45) is 5.92 Å². The minimum Gasteiger partial charge on any atom is -0.462 e. The van der Waals surface area contributed by atoms with Crippen molar-refractivity contribution in [3.05, 3.63) is 88.5 Å². The molecule has 12 nitrogen and oxygen atoms in total. The summed E-state index contributed by atoms with van der Waals surface area (Å²) in [6.07, 6.45) is 0.791. The van der Waals surface area contributed by atoms with Crippen molar-refractivity contribution < 1.29 is 28.7 Å². The van der Waals surface area contributed by atoms with Gasteiger partial charge in [0.15, 0.2) is 0 Å². The Morgan fingerprint density at radius 1 is 0.667 bits per heavy atom. The predicted octanol–water partition coefficient (Wildman–Crippen LogP) is 5.09. The molecule has 0 bridgehead atoms. The Kier molecular flexibility index (Phi) is 16.1. The number of esters is 1. The lowest BCUT2D eigenvalue weighted by Gasteiger charge is -2.18. The molecule has 0 aliphatic carbocycles. The lowest BCUT2D eigenvalue weighted by molar-refractivity contribution is 0.0458. The van der Waals surface area contributed by atoms with E-state index in [1.165, 1.54) is 36.0 Å². The van der Waals surface area contributed by atoms with Crippen LogP contribution in [0.4, 0.5) is 11.4 Å². The lowest BCUT2D eigenvalue weighted by atomic mass is 10.1. The number of carbonyl (C=O) groups excluding carboxylic acids is 5. The predicted molar refractivity (Wildman–Crippen MR) is 203 cm³/mol. The Labute approximate surface area is 305 Å². The molecule has 4 N–H and O–H groups in total. The average molecular weight is 719 g/mol. The second kappa shape index (κ2) is 20.2. The number of carbonyl (C=O) groups is 5. The fourth-order valence-corrected chi connectivity index (χ4v) is 5.54. The molecule has 0 aliphatic rings. The van der Waals surface area contributed by atoms with Crippen LogP contribution < -0.4 is 21.3 Å². The first-order valence-corrected chi connectivity index (χ1v) is 17.9. The van der Waals surface area contributed by atoms with Crippen molar-refractivity contribution in [3.8, 4) is 0 Å². The molecule has 0 atom stereocenters. The summed E-state index contributed by atoms with van der Waals surface area (Å²) in [7, 11) is 7.64. The van der Waals surface area contributed by atoms with Crippen molar-refractivity contribution in [2.75, 3.05) is 77.4 Å². The highest BCUT2D eigenvalue weighted by Crippen LogP contribution is 2.37. The summed E-state index contributed by atoms with van der Waals surface area (Å²) in [4.78, 5) is 70.6. The van der Waals surface area contributed by atoms with Crippen molar-refractivity contribution in [1.29, 1.82) is 0 Å².